The molecule has 52 heavy (non-hydrogen) atoms. The molecular weight excluding hydrogens is 709 g/mol. The van der Waals surface area contributed by atoms with Gasteiger partial charge in [0.05, 0.1) is 0 Å². The average Bonchev–Trinajstić information content (AvgIpc) is 4.04. The molecule has 2 N–H and O–H groups in total. The molecule has 0 aliphatic carbocycles. The first-order valence-electron chi connectivity index (χ1n) is 17.2. The highest BCUT2D eigenvalue weighted by Crippen LogP contribution is 2.37. The van der Waals surface area contributed by atoms with Crippen LogP contribution in [0.2, 0.25) is 0 Å². The first-order chi connectivity index (χ1) is 25.3. The van der Waals surface area contributed by atoms with Crippen molar-refractivity contribution in [1.82, 2.24) is 40.8 Å². The van der Waals surface area contributed by atoms with Gasteiger partial charge in [0.1, 0.15) is 0 Å². The normalized spacial score (nSPS) is 18.0. The minimum Gasteiger partial charge on any atom is -0.454 e. The minimum absolute atomic E-state index is 0.191. The topological polar surface area (TPSA) is 160 Å². The summed E-state index contributed by atoms with van der Waals surface area (Å²) in [5, 5.41) is 23.8. The van der Waals surface area contributed by atoms with Crippen molar-refractivity contribution in [2.45, 2.75) is 25.9 Å². The Labute approximate surface area is 309 Å². The quantitative estimate of drug-likeness (QED) is 0.271. The van der Waals surface area contributed by atoms with Gasteiger partial charge in [0.15, 0.2) is 23.0 Å². The SMILES string of the molecule is CNC(=O)c1nnc(N2CCN([C@@H](C)c3ccc4c(c3)OCO4)CC2)s1.CNC(=O)c1nnc(N2CCN([C@H](C)c3ccc4c(c3)OCO4)CC2)s1. The molecular formula is C34H42N10O6S2. The van der Waals surface area contributed by atoms with Crippen LogP contribution in [0.3, 0.4) is 0 Å². The fourth-order valence-corrected chi connectivity index (χ4v) is 8.14. The molecule has 2 atom stereocenters. The van der Waals surface area contributed by atoms with Crippen LogP contribution >= 0.6 is 22.7 Å². The summed E-state index contributed by atoms with van der Waals surface area (Å²) in [6.07, 6.45) is 0. The van der Waals surface area contributed by atoms with E-state index < -0.39 is 0 Å². The monoisotopic (exact) mass is 750 g/mol. The fraction of sp³-hybridized carbons (Fsp3) is 0.471. The lowest BCUT2D eigenvalue weighted by atomic mass is 10.1. The number of amides is 2. The van der Waals surface area contributed by atoms with E-state index in [1.807, 2.05) is 12.1 Å². The van der Waals surface area contributed by atoms with Crippen molar-refractivity contribution in [3.63, 3.8) is 0 Å². The molecule has 8 rings (SSSR count). The van der Waals surface area contributed by atoms with Gasteiger partial charge in [-0.3, -0.25) is 19.4 Å². The highest BCUT2D eigenvalue weighted by molar-refractivity contribution is 7.17. The lowest BCUT2D eigenvalue weighted by Gasteiger charge is -2.38. The molecule has 276 valence electrons. The van der Waals surface area contributed by atoms with E-state index in [9.17, 15) is 9.59 Å². The predicted octanol–water partition coefficient (Wildman–Crippen LogP) is 3.02. The molecule has 2 aromatic carbocycles. The summed E-state index contributed by atoms with van der Waals surface area (Å²) in [5.41, 5.74) is 2.45. The maximum Gasteiger partial charge on any atom is 0.282 e. The Balaban J connectivity index is 0.000000162. The van der Waals surface area contributed by atoms with Crippen molar-refractivity contribution in [3.05, 3.63) is 57.5 Å². The van der Waals surface area contributed by atoms with Gasteiger partial charge in [-0.1, -0.05) is 34.8 Å². The van der Waals surface area contributed by atoms with Gasteiger partial charge >= 0.3 is 0 Å². The third-order valence-corrected chi connectivity index (χ3v) is 11.7. The highest BCUT2D eigenvalue weighted by atomic mass is 32.1. The maximum absolute atomic E-state index is 11.6. The van der Waals surface area contributed by atoms with Gasteiger partial charge in [0, 0.05) is 78.5 Å². The third-order valence-electron chi connectivity index (χ3n) is 9.69. The third kappa shape index (κ3) is 7.69. The molecule has 2 saturated heterocycles. The molecule has 0 radical (unpaired) electrons. The Bertz CT molecular complexity index is 1740. The van der Waals surface area contributed by atoms with Crippen LogP contribution in [-0.2, 0) is 0 Å². The largest absolute Gasteiger partial charge is 0.454 e. The number of rotatable bonds is 8. The molecule has 4 aliphatic heterocycles. The maximum atomic E-state index is 11.6. The van der Waals surface area contributed by atoms with Gasteiger partial charge in [-0.15, -0.1) is 20.4 Å². The van der Waals surface area contributed by atoms with Crippen LogP contribution in [0.5, 0.6) is 23.0 Å². The first-order valence-corrected chi connectivity index (χ1v) is 18.8. The van der Waals surface area contributed by atoms with E-state index >= 15 is 0 Å². The summed E-state index contributed by atoms with van der Waals surface area (Å²) in [4.78, 5) is 32.5. The van der Waals surface area contributed by atoms with E-state index in [1.54, 1.807) is 14.1 Å². The van der Waals surface area contributed by atoms with E-state index in [0.29, 0.717) is 35.7 Å². The van der Waals surface area contributed by atoms with Crippen LogP contribution in [0.1, 0.15) is 56.7 Å². The average molecular weight is 751 g/mol. The summed E-state index contributed by atoms with van der Waals surface area (Å²) in [6.45, 7) is 12.1. The number of hydrogen-bond acceptors (Lipinski definition) is 16. The summed E-state index contributed by atoms with van der Waals surface area (Å²) < 4.78 is 21.7. The van der Waals surface area contributed by atoms with Gasteiger partial charge in [-0.25, -0.2) is 0 Å². The number of carbonyl (C=O) groups excluding carboxylic acids is 2. The molecule has 6 heterocycles. The van der Waals surface area contributed by atoms with Gasteiger partial charge in [-0.05, 0) is 49.2 Å². The van der Waals surface area contributed by atoms with E-state index in [-0.39, 0.29) is 11.8 Å². The molecule has 0 spiro atoms. The number of benzene rings is 2. The molecule has 4 aromatic rings. The Morgan fingerprint density at radius 1 is 0.596 bits per heavy atom. The van der Waals surface area contributed by atoms with Gasteiger partial charge in [0.25, 0.3) is 11.8 Å². The van der Waals surface area contributed by atoms with Gasteiger partial charge in [-0.2, -0.15) is 0 Å². The smallest absolute Gasteiger partial charge is 0.282 e. The standard InChI is InChI=1S/2C17H21N5O3S/c2*1-11(12-3-4-13-14(9-12)25-10-24-13)21-5-7-22(8-6-21)17-20-19-16(26-17)15(23)18-2/h2*3-4,9,11H,5-8,10H2,1-2H3,(H,18,23)/t2*11-/m10/s1. The number of nitrogens with one attached hydrogen (secondary N) is 2. The zero-order valence-electron chi connectivity index (χ0n) is 29.5. The van der Waals surface area contributed by atoms with Crippen LogP contribution in [0, 0.1) is 0 Å². The molecule has 0 unspecified atom stereocenters. The van der Waals surface area contributed by atoms with Crippen LogP contribution in [-0.4, -0.2) is 122 Å². The summed E-state index contributed by atoms with van der Waals surface area (Å²) in [7, 11) is 3.19. The minimum atomic E-state index is -0.191. The molecule has 0 bridgehead atoms. The van der Waals surface area contributed by atoms with Crippen molar-refractivity contribution in [1.29, 1.82) is 0 Å². The lowest BCUT2D eigenvalue weighted by molar-refractivity contribution is 0.0954. The van der Waals surface area contributed by atoms with Crippen molar-refractivity contribution >= 4 is 44.8 Å². The predicted molar refractivity (Wildman–Crippen MR) is 196 cm³/mol. The number of fused-ring (bicyclic) bond motifs is 2. The molecule has 2 amide bonds. The Kier molecular flexibility index (Phi) is 10.9. The van der Waals surface area contributed by atoms with Crippen LogP contribution < -0.4 is 39.4 Å². The van der Waals surface area contributed by atoms with Crippen LogP contribution in [0.4, 0.5) is 10.3 Å². The second kappa shape index (κ2) is 15.9. The molecule has 16 nitrogen and oxygen atoms in total. The molecule has 0 saturated carbocycles. The van der Waals surface area contributed by atoms with Crippen molar-refractivity contribution < 1.29 is 28.5 Å². The van der Waals surface area contributed by atoms with E-state index in [2.05, 4.69) is 88.7 Å². The van der Waals surface area contributed by atoms with Crippen molar-refractivity contribution in [2.24, 2.45) is 0 Å². The molecule has 4 aliphatic rings. The molecule has 2 fully saturated rings. The highest BCUT2D eigenvalue weighted by Gasteiger charge is 2.28. The van der Waals surface area contributed by atoms with Crippen molar-refractivity contribution in [3.8, 4) is 23.0 Å². The van der Waals surface area contributed by atoms with Gasteiger partial charge < -0.3 is 39.4 Å². The number of hydrogen-bond donors (Lipinski definition) is 2. The van der Waals surface area contributed by atoms with Crippen LogP contribution in [0.15, 0.2) is 36.4 Å². The van der Waals surface area contributed by atoms with E-state index in [1.165, 1.54) is 33.8 Å². The van der Waals surface area contributed by atoms with Crippen molar-refractivity contribution in [2.75, 3.05) is 89.8 Å². The number of nitrogens with zero attached hydrogens (tertiary/aromatic N) is 8. The number of piperazine rings is 2. The number of ether oxygens (including phenoxy) is 4. The van der Waals surface area contributed by atoms with Gasteiger partial charge in [0.2, 0.25) is 33.9 Å². The Morgan fingerprint density at radius 2 is 0.981 bits per heavy atom. The number of aromatic nitrogens is 4. The number of carbonyl (C=O) groups is 2. The molecule has 18 heteroatoms. The Morgan fingerprint density at radius 3 is 1.37 bits per heavy atom. The number of anilines is 2. The van der Waals surface area contributed by atoms with E-state index in [4.69, 9.17) is 18.9 Å². The Hall–Kier alpha value is -4.78. The first kappa shape index (κ1) is 35.6. The zero-order valence-corrected chi connectivity index (χ0v) is 31.2. The van der Waals surface area contributed by atoms with Crippen LogP contribution in [0.25, 0.3) is 0 Å². The summed E-state index contributed by atoms with van der Waals surface area (Å²) in [6, 6.07) is 12.9. The fourth-order valence-electron chi connectivity index (χ4n) is 6.45. The van der Waals surface area contributed by atoms with E-state index in [0.717, 1.165) is 85.6 Å². The second-order valence-corrected chi connectivity index (χ2v) is 14.5. The lowest BCUT2D eigenvalue weighted by Crippen LogP contribution is -2.47. The summed E-state index contributed by atoms with van der Waals surface area (Å²) >= 11 is 2.67. The zero-order chi connectivity index (χ0) is 36.2. The summed E-state index contributed by atoms with van der Waals surface area (Å²) in [5.74, 6) is 2.89. The second-order valence-electron chi connectivity index (χ2n) is 12.6. The molecule has 2 aromatic heterocycles.